The van der Waals surface area contributed by atoms with Gasteiger partial charge in [0, 0.05) is 60.1 Å². The molecule has 0 unspecified atom stereocenters. The van der Waals surface area contributed by atoms with E-state index < -0.39 is 25.9 Å². The monoisotopic (exact) mass is 1120 g/mol. The van der Waals surface area contributed by atoms with Crippen LogP contribution in [0.15, 0.2) is 126 Å². The van der Waals surface area contributed by atoms with Gasteiger partial charge in [0.1, 0.15) is 53.9 Å². The van der Waals surface area contributed by atoms with Crippen molar-refractivity contribution >= 4 is 37.1 Å². The number of aliphatic hydroxyl groups is 4. The number of Topliss-reactive ketones (excluding diaryl/α,β-unsaturated/α-hetero) is 3. The number of nitrogens with zero attached hydrogens (tertiary/aromatic N) is 1. The van der Waals surface area contributed by atoms with Crippen molar-refractivity contribution < 1.29 is 71.6 Å². The van der Waals surface area contributed by atoms with Crippen LogP contribution in [0.1, 0.15) is 89.3 Å². The predicted octanol–water partition coefficient (Wildman–Crippen LogP) is 7.44. The van der Waals surface area contributed by atoms with Crippen LogP contribution in [0, 0.1) is 13.8 Å². The minimum absolute atomic E-state index is 0.0512. The van der Waals surface area contributed by atoms with E-state index in [-0.39, 0.29) is 35.5 Å². The Bertz CT molecular complexity index is 2610. The first kappa shape index (κ1) is 66.7. The zero-order valence-electron chi connectivity index (χ0n) is 46.2. The lowest BCUT2D eigenvalue weighted by atomic mass is 9.97. The molecule has 5 N–H and O–H groups in total. The highest BCUT2D eigenvalue weighted by molar-refractivity contribution is 8.13. The first-order valence-corrected chi connectivity index (χ1v) is 27.9. The Morgan fingerprint density at radius 2 is 0.923 bits per heavy atom. The van der Waals surface area contributed by atoms with Gasteiger partial charge >= 0.3 is 0 Å². The molecule has 0 atom stereocenters. The zero-order chi connectivity index (χ0) is 57.8. The van der Waals surface area contributed by atoms with Crippen molar-refractivity contribution in [2.24, 2.45) is 0 Å². The van der Waals surface area contributed by atoms with Gasteiger partial charge in [-0.15, -0.1) is 0 Å². The fraction of sp³-hybridized carbons (Fsp3) is 0.441. The zero-order valence-corrected chi connectivity index (χ0v) is 47.7. The Morgan fingerprint density at radius 1 is 0.551 bits per heavy atom. The summed E-state index contributed by atoms with van der Waals surface area (Å²) < 4.78 is 53.7. The number of ketones is 3. The molecule has 0 radical (unpaired) electrons. The van der Waals surface area contributed by atoms with Crippen LogP contribution in [-0.2, 0) is 29.9 Å². The molecule has 19 heteroatoms. The highest BCUT2D eigenvalue weighted by atomic mass is 35.7. The second-order valence-electron chi connectivity index (χ2n) is 19.6. The van der Waals surface area contributed by atoms with E-state index in [9.17, 15) is 38.1 Å². The first-order chi connectivity index (χ1) is 36.8. The molecule has 2 fully saturated rings. The van der Waals surface area contributed by atoms with E-state index >= 15 is 0 Å². The van der Waals surface area contributed by atoms with Gasteiger partial charge in [-0.1, -0.05) is 47.5 Å². The molecular weight excluding hydrogens is 1040 g/mol. The van der Waals surface area contributed by atoms with E-state index in [4.69, 9.17) is 44.2 Å². The summed E-state index contributed by atoms with van der Waals surface area (Å²) in [6.45, 7) is 23.2. The molecule has 7 rings (SSSR count). The van der Waals surface area contributed by atoms with E-state index in [1.165, 1.54) is 59.2 Å². The topological polar surface area (TPSA) is 237 Å². The Hall–Kier alpha value is -5.61. The number of carbonyl (C=O) groups is 3. The summed E-state index contributed by atoms with van der Waals surface area (Å²) in [5, 5.41) is 40.7. The largest absolute Gasteiger partial charge is 0.492 e. The predicted molar refractivity (Wildman–Crippen MR) is 301 cm³/mol. The number of hydrogen-bond donors (Lipinski definition) is 5. The molecule has 2 heterocycles. The maximum atomic E-state index is 11.9. The van der Waals surface area contributed by atoms with Crippen LogP contribution in [0.2, 0.25) is 0 Å². The number of aliphatic hydroxyl groups excluding tert-OH is 1. The van der Waals surface area contributed by atoms with Crippen LogP contribution < -0.4 is 19.5 Å². The van der Waals surface area contributed by atoms with Gasteiger partial charge in [-0.2, -0.15) is 0 Å². The summed E-state index contributed by atoms with van der Waals surface area (Å²) in [6, 6.07) is 34.7. The van der Waals surface area contributed by atoms with Gasteiger partial charge in [-0.25, -0.2) is 8.42 Å². The smallest absolute Gasteiger partial charge is 0.261 e. The van der Waals surface area contributed by atoms with E-state index in [0.29, 0.717) is 54.6 Å². The number of aryl methyl sites for hydroxylation is 2. The number of hydrogen-bond acceptors (Lipinski definition) is 17. The summed E-state index contributed by atoms with van der Waals surface area (Å²) in [5.74, 6) is 1.05. The number of nitrogens with one attached hydrogen (secondary N) is 1. The minimum atomic E-state index is -3.55. The Labute approximate surface area is 464 Å². The quantitative estimate of drug-likeness (QED) is 0.0289. The summed E-state index contributed by atoms with van der Waals surface area (Å²) >= 11 is 0. The molecule has 5 aromatic carbocycles. The number of rotatable bonds is 20. The molecule has 0 saturated carbocycles. The number of morpholine rings is 2. The van der Waals surface area contributed by atoms with Crippen LogP contribution in [0.5, 0.6) is 17.2 Å². The third-order valence-corrected chi connectivity index (χ3v) is 12.6. The van der Waals surface area contributed by atoms with Crippen LogP contribution in [0.3, 0.4) is 0 Å². The van der Waals surface area contributed by atoms with E-state index in [1.54, 1.807) is 84.9 Å². The standard InChI is InChI=1S/C20H24O4.C16H23NO4.C12H16O4.C7H7ClO2S.C4H9NO/c1-15-4-6-16(7-5-15)14-23-12-13-24-18-10-8-17(9-11-18)19(21)20(2,3)22;1-16(2,19)15(18)13-3-5-14(6-4-13)21-12-9-17-7-10-20-11-8-17;1-12(2,15)11(14)9-3-5-10(6-4-9)16-8-7-13;1-6-2-4-7(5-3-6)11(8,9)10;1-3-6-4-2-5-1/h4-11,22H,12-14H2,1-3H3;3-6,19H,7-12H2,1-2H3;3-6,13,15H,7-8H2,1-2H3;2-5H,1H3;5H,1-4H2. The first-order valence-electron chi connectivity index (χ1n) is 25.6. The number of benzene rings is 5. The van der Waals surface area contributed by atoms with Crippen LogP contribution in [-0.4, -0.2) is 160 Å². The maximum absolute atomic E-state index is 11.9. The lowest BCUT2D eigenvalue weighted by Gasteiger charge is -2.26. The molecule has 0 bridgehead atoms. The van der Waals surface area contributed by atoms with Crippen LogP contribution >= 0.6 is 10.7 Å². The molecule has 2 saturated heterocycles. The fourth-order valence-electron chi connectivity index (χ4n) is 6.76. The molecule has 428 valence electrons. The highest BCUT2D eigenvalue weighted by Gasteiger charge is 2.27. The van der Waals surface area contributed by atoms with Crippen molar-refractivity contribution in [3.05, 3.63) is 155 Å². The number of ether oxygens (including phenoxy) is 6. The summed E-state index contributed by atoms with van der Waals surface area (Å²) in [6.07, 6.45) is 0. The Balaban J connectivity index is 0.000000271. The average Bonchev–Trinajstić information content (AvgIpc) is 3.42. The fourth-order valence-corrected chi connectivity index (χ4v) is 7.53. The van der Waals surface area contributed by atoms with E-state index in [2.05, 4.69) is 41.4 Å². The molecule has 78 heavy (non-hydrogen) atoms. The molecule has 5 aromatic rings. The van der Waals surface area contributed by atoms with E-state index in [1.807, 2.05) is 6.92 Å². The van der Waals surface area contributed by atoms with Crippen LogP contribution in [0.25, 0.3) is 0 Å². The van der Waals surface area contributed by atoms with Crippen molar-refractivity contribution in [1.82, 2.24) is 10.2 Å². The highest BCUT2D eigenvalue weighted by Crippen LogP contribution is 2.20. The second kappa shape index (κ2) is 33.7. The van der Waals surface area contributed by atoms with Gasteiger partial charge in [0.05, 0.1) is 51.1 Å². The van der Waals surface area contributed by atoms with Crippen molar-refractivity contribution in [2.75, 3.05) is 92.2 Å². The molecule has 0 spiro atoms. The van der Waals surface area contributed by atoms with Gasteiger partial charge in [0.25, 0.3) is 9.05 Å². The average molecular weight is 1120 g/mol. The summed E-state index contributed by atoms with van der Waals surface area (Å²) in [4.78, 5) is 37.9. The molecular formula is C59H79ClN2O15S. The Kier molecular flexibility index (Phi) is 28.8. The molecule has 0 aliphatic carbocycles. The van der Waals surface area contributed by atoms with Gasteiger partial charge in [-0.05, 0) is 146 Å². The Morgan fingerprint density at radius 3 is 1.27 bits per heavy atom. The molecule has 0 aromatic heterocycles. The maximum Gasteiger partial charge on any atom is 0.261 e. The molecule has 0 amide bonds. The van der Waals surface area contributed by atoms with Crippen molar-refractivity contribution in [3.8, 4) is 17.2 Å². The SMILES string of the molecule is C1COCCN1.CC(C)(O)C(=O)c1ccc(OCCN2CCOCC2)cc1.CC(C)(O)C(=O)c1ccc(OCCO)cc1.Cc1ccc(COCCOc2ccc(C(=O)C(C)(C)O)cc2)cc1.Cc1ccc(S(=O)(=O)Cl)cc1. The third-order valence-electron chi connectivity index (χ3n) is 11.2. The molecule has 17 nitrogen and oxygen atoms in total. The summed E-state index contributed by atoms with van der Waals surface area (Å²) in [5.41, 5.74) is 0.674. The lowest BCUT2D eigenvalue weighted by Crippen LogP contribution is -2.38. The van der Waals surface area contributed by atoms with Gasteiger partial charge < -0.3 is 54.2 Å². The normalized spacial score (nSPS) is 13.8. The summed E-state index contributed by atoms with van der Waals surface area (Å²) in [7, 11) is 1.54. The molecule has 2 aliphatic rings. The van der Waals surface area contributed by atoms with Gasteiger partial charge in [0.2, 0.25) is 0 Å². The third kappa shape index (κ3) is 26.8. The lowest BCUT2D eigenvalue weighted by molar-refractivity contribution is 0.0322. The molecule has 2 aliphatic heterocycles. The van der Waals surface area contributed by atoms with Crippen LogP contribution in [0.4, 0.5) is 0 Å². The van der Waals surface area contributed by atoms with Gasteiger partial charge in [-0.3, -0.25) is 19.3 Å². The minimum Gasteiger partial charge on any atom is -0.492 e. The second-order valence-corrected chi connectivity index (χ2v) is 22.2. The van der Waals surface area contributed by atoms with E-state index in [0.717, 1.165) is 76.0 Å². The number of carbonyl (C=O) groups excluding carboxylic acids is 3. The van der Waals surface area contributed by atoms with Crippen molar-refractivity contribution in [2.45, 2.75) is 83.7 Å². The van der Waals surface area contributed by atoms with Gasteiger partial charge in [0.15, 0.2) is 17.3 Å². The number of halogens is 1. The van der Waals surface area contributed by atoms with Crippen molar-refractivity contribution in [1.29, 1.82) is 0 Å². The van der Waals surface area contributed by atoms with Crippen molar-refractivity contribution in [3.63, 3.8) is 0 Å².